The molecule has 0 aromatic heterocycles. The second-order valence-corrected chi connectivity index (χ2v) is 5.41. The summed E-state index contributed by atoms with van der Waals surface area (Å²) in [6.45, 7) is 9.48. The van der Waals surface area contributed by atoms with Gasteiger partial charge < -0.3 is 5.32 Å². The monoisotopic (exact) mass is 240 g/mol. The van der Waals surface area contributed by atoms with E-state index in [-0.39, 0.29) is 0 Å². The molecule has 1 atom stereocenters. The Hall–Kier alpha value is -0.0800. The van der Waals surface area contributed by atoms with Gasteiger partial charge in [-0.2, -0.15) is 0 Å². The molecule has 1 saturated heterocycles. The van der Waals surface area contributed by atoms with Crippen LogP contribution in [-0.4, -0.2) is 37.1 Å². The van der Waals surface area contributed by atoms with Crippen molar-refractivity contribution in [3.05, 3.63) is 0 Å². The normalized spacial score (nSPS) is 21.2. The number of unbranched alkanes of at least 4 members (excludes halogenated alkanes) is 5. The van der Waals surface area contributed by atoms with Gasteiger partial charge in [-0.05, 0) is 38.9 Å². The van der Waals surface area contributed by atoms with Crippen LogP contribution in [-0.2, 0) is 0 Å². The average Bonchev–Trinajstić information content (AvgIpc) is 2.78. The summed E-state index contributed by atoms with van der Waals surface area (Å²) >= 11 is 0. The molecule has 0 saturated carbocycles. The van der Waals surface area contributed by atoms with Gasteiger partial charge in [-0.1, -0.05) is 46.0 Å². The van der Waals surface area contributed by atoms with Crippen molar-refractivity contribution in [2.45, 2.75) is 71.3 Å². The molecule has 1 aliphatic rings. The molecule has 0 radical (unpaired) electrons. The standard InChI is InChI=1S/C15H32N2/c1-3-5-6-7-8-9-12-17-13-10-11-15(17)14-16-4-2/h15-16H,3-14H2,1-2H3. The minimum atomic E-state index is 0.825. The van der Waals surface area contributed by atoms with Crippen LogP contribution >= 0.6 is 0 Å². The third kappa shape index (κ3) is 6.42. The summed E-state index contributed by atoms with van der Waals surface area (Å²) in [6, 6.07) is 0.825. The number of hydrogen-bond acceptors (Lipinski definition) is 2. The number of likely N-dealkylation sites (N-methyl/N-ethyl adjacent to an activating group) is 1. The molecule has 2 nitrogen and oxygen atoms in total. The molecule has 1 rings (SSSR count). The van der Waals surface area contributed by atoms with Crippen LogP contribution in [0.2, 0.25) is 0 Å². The van der Waals surface area contributed by atoms with Crippen molar-refractivity contribution in [2.24, 2.45) is 0 Å². The van der Waals surface area contributed by atoms with Crippen LogP contribution < -0.4 is 5.32 Å². The number of hydrogen-bond donors (Lipinski definition) is 1. The first-order valence-corrected chi connectivity index (χ1v) is 7.83. The average molecular weight is 240 g/mol. The third-order valence-corrected chi connectivity index (χ3v) is 3.93. The predicted octanol–water partition coefficient (Wildman–Crippen LogP) is 3.42. The summed E-state index contributed by atoms with van der Waals surface area (Å²) in [5, 5.41) is 3.50. The van der Waals surface area contributed by atoms with Crippen molar-refractivity contribution >= 4 is 0 Å². The Morgan fingerprint density at radius 1 is 1.06 bits per heavy atom. The summed E-state index contributed by atoms with van der Waals surface area (Å²) < 4.78 is 0. The summed E-state index contributed by atoms with van der Waals surface area (Å²) in [4.78, 5) is 2.71. The van der Waals surface area contributed by atoms with Crippen molar-refractivity contribution in [3.8, 4) is 0 Å². The molecule has 1 aliphatic heterocycles. The first kappa shape index (κ1) is 15.0. The molecular formula is C15H32N2. The van der Waals surface area contributed by atoms with Crippen molar-refractivity contribution in [3.63, 3.8) is 0 Å². The van der Waals surface area contributed by atoms with E-state index in [0.29, 0.717) is 0 Å². The van der Waals surface area contributed by atoms with Gasteiger partial charge in [0.2, 0.25) is 0 Å². The Bertz CT molecular complexity index is 170. The Morgan fingerprint density at radius 2 is 1.82 bits per heavy atom. The van der Waals surface area contributed by atoms with Gasteiger partial charge in [-0.3, -0.25) is 4.90 Å². The minimum absolute atomic E-state index is 0.825. The number of rotatable bonds is 10. The summed E-state index contributed by atoms with van der Waals surface area (Å²) in [5.74, 6) is 0. The second-order valence-electron chi connectivity index (χ2n) is 5.41. The molecule has 1 unspecified atom stereocenters. The van der Waals surface area contributed by atoms with Crippen molar-refractivity contribution in [1.29, 1.82) is 0 Å². The molecule has 0 spiro atoms. The van der Waals surface area contributed by atoms with Crippen LogP contribution in [0.15, 0.2) is 0 Å². The maximum atomic E-state index is 3.50. The summed E-state index contributed by atoms with van der Waals surface area (Å²) in [7, 11) is 0. The van der Waals surface area contributed by atoms with E-state index in [4.69, 9.17) is 0 Å². The van der Waals surface area contributed by atoms with Crippen molar-refractivity contribution in [1.82, 2.24) is 10.2 Å². The molecule has 0 aromatic carbocycles. The van der Waals surface area contributed by atoms with Crippen LogP contribution in [0.4, 0.5) is 0 Å². The molecule has 17 heavy (non-hydrogen) atoms. The van der Waals surface area contributed by atoms with Crippen LogP contribution in [0.5, 0.6) is 0 Å². The van der Waals surface area contributed by atoms with Gasteiger partial charge in [0.25, 0.3) is 0 Å². The Kier molecular flexibility index (Phi) is 8.72. The Balaban J connectivity index is 2.00. The van der Waals surface area contributed by atoms with E-state index in [1.807, 2.05) is 0 Å². The molecular weight excluding hydrogens is 208 g/mol. The van der Waals surface area contributed by atoms with E-state index in [2.05, 4.69) is 24.1 Å². The Labute approximate surface area is 108 Å². The molecule has 0 aliphatic carbocycles. The molecule has 1 fully saturated rings. The van der Waals surface area contributed by atoms with E-state index in [1.54, 1.807) is 0 Å². The Morgan fingerprint density at radius 3 is 2.59 bits per heavy atom. The van der Waals surface area contributed by atoms with Crippen molar-refractivity contribution in [2.75, 3.05) is 26.2 Å². The SMILES string of the molecule is CCCCCCCCN1CCCC1CNCC. The van der Waals surface area contributed by atoms with Gasteiger partial charge in [0.1, 0.15) is 0 Å². The maximum absolute atomic E-state index is 3.50. The fraction of sp³-hybridized carbons (Fsp3) is 1.00. The molecule has 102 valence electrons. The van der Waals surface area contributed by atoms with Crippen LogP contribution in [0.1, 0.15) is 65.2 Å². The molecule has 0 aromatic rings. The lowest BCUT2D eigenvalue weighted by atomic mass is 10.1. The molecule has 1 heterocycles. The lowest BCUT2D eigenvalue weighted by Crippen LogP contribution is -2.38. The zero-order chi connectivity index (χ0) is 12.3. The third-order valence-electron chi connectivity index (χ3n) is 3.93. The van der Waals surface area contributed by atoms with E-state index in [1.165, 1.54) is 71.0 Å². The first-order chi connectivity index (χ1) is 8.38. The molecule has 0 bridgehead atoms. The summed E-state index contributed by atoms with van der Waals surface area (Å²) in [5.41, 5.74) is 0. The number of nitrogens with one attached hydrogen (secondary N) is 1. The predicted molar refractivity (Wildman–Crippen MR) is 76.5 cm³/mol. The van der Waals surface area contributed by atoms with Crippen LogP contribution in [0.3, 0.4) is 0 Å². The van der Waals surface area contributed by atoms with Gasteiger partial charge in [0.05, 0.1) is 0 Å². The summed E-state index contributed by atoms with van der Waals surface area (Å²) in [6.07, 6.45) is 11.3. The van der Waals surface area contributed by atoms with Gasteiger partial charge >= 0.3 is 0 Å². The zero-order valence-corrected chi connectivity index (χ0v) is 12.0. The van der Waals surface area contributed by atoms with Crippen LogP contribution in [0.25, 0.3) is 0 Å². The smallest absolute Gasteiger partial charge is 0.0221 e. The van der Waals surface area contributed by atoms with E-state index >= 15 is 0 Å². The fourth-order valence-corrected chi connectivity index (χ4v) is 2.83. The van der Waals surface area contributed by atoms with Gasteiger partial charge in [0.15, 0.2) is 0 Å². The number of likely N-dealkylation sites (tertiary alicyclic amines) is 1. The van der Waals surface area contributed by atoms with E-state index in [0.717, 1.165) is 12.6 Å². The lowest BCUT2D eigenvalue weighted by Gasteiger charge is -2.24. The second kappa shape index (κ2) is 9.90. The van der Waals surface area contributed by atoms with Crippen LogP contribution in [0, 0.1) is 0 Å². The minimum Gasteiger partial charge on any atom is -0.315 e. The van der Waals surface area contributed by atoms with Gasteiger partial charge in [0, 0.05) is 12.6 Å². The quantitative estimate of drug-likeness (QED) is 0.589. The highest BCUT2D eigenvalue weighted by Gasteiger charge is 2.22. The highest BCUT2D eigenvalue weighted by atomic mass is 15.2. The van der Waals surface area contributed by atoms with E-state index in [9.17, 15) is 0 Å². The van der Waals surface area contributed by atoms with Gasteiger partial charge in [-0.15, -0.1) is 0 Å². The highest BCUT2D eigenvalue weighted by Crippen LogP contribution is 2.17. The molecule has 1 N–H and O–H groups in total. The first-order valence-electron chi connectivity index (χ1n) is 7.83. The van der Waals surface area contributed by atoms with Gasteiger partial charge in [-0.25, -0.2) is 0 Å². The topological polar surface area (TPSA) is 15.3 Å². The van der Waals surface area contributed by atoms with E-state index < -0.39 is 0 Å². The highest BCUT2D eigenvalue weighted by molar-refractivity contribution is 4.80. The fourth-order valence-electron chi connectivity index (χ4n) is 2.83. The maximum Gasteiger partial charge on any atom is 0.0221 e. The molecule has 0 amide bonds. The van der Waals surface area contributed by atoms with Crippen molar-refractivity contribution < 1.29 is 0 Å². The molecule has 2 heteroatoms. The zero-order valence-electron chi connectivity index (χ0n) is 12.0. The lowest BCUT2D eigenvalue weighted by molar-refractivity contribution is 0.242. The number of nitrogens with zero attached hydrogens (tertiary/aromatic N) is 1. The largest absolute Gasteiger partial charge is 0.315 e.